The van der Waals surface area contributed by atoms with E-state index in [0.717, 1.165) is 34.3 Å². The Hall–Kier alpha value is -3.51. The van der Waals surface area contributed by atoms with Crippen molar-refractivity contribution in [1.29, 1.82) is 0 Å². The van der Waals surface area contributed by atoms with Crippen molar-refractivity contribution in [1.82, 2.24) is 14.5 Å². The summed E-state index contributed by atoms with van der Waals surface area (Å²) in [7, 11) is 0. The molecule has 0 saturated carbocycles. The Balaban J connectivity index is 1.39. The smallest absolute Gasteiger partial charge is 0.258 e. The van der Waals surface area contributed by atoms with Crippen molar-refractivity contribution in [2.45, 2.75) is 19.6 Å². The zero-order valence-corrected chi connectivity index (χ0v) is 18.1. The SMILES string of the molecule is O=C(CCl)N1CCc2c([nH]c3cc(-n4ccc(OCc5ccccc5)cc4=O)ccc23)C1. The Kier molecular flexibility index (Phi) is 5.45. The van der Waals surface area contributed by atoms with Crippen molar-refractivity contribution in [2.75, 3.05) is 12.4 Å². The van der Waals surface area contributed by atoms with Crippen molar-refractivity contribution in [3.8, 4) is 11.4 Å². The lowest BCUT2D eigenvalue weighted by atomic mass is 10.0. The van der Waals surface area contributed by atoms with E-state index < -0.39 is 0 Å². The van der Waals surface area contributed by atoms with Crippen LogP contribution in [0.4, 0.5) is 0 Å². The molecule has 2 aromatic heterocycles. The summed E-state index contributed by atoms with van der Waals surface area (Å²) in [4.78, 5) is 29.9. The van der Waals surface area contributed by atoms with E-state index in [4.69, 9.17) is 16.3 Å². The molecule has 0 atom stereocenters. The molecule has 2 aromatic carbocycles. The number of pyridine rings is 1. The fourth-order valence-corrected chi connectivity index (χ4v) is 4.36. The number of carbonyl (C=O) groups is 1. The van der Waals surface area contributed by atoms with Crippen LogP contribution in [0.1, 0.15) is 16.8 Å². The minimum Gasteiger partial charge on any atom is -0.489 e. The Morgan fingerprint density at radius 2 is 1.94 bits per heavy atom. The summed E-state index contributed by atoms with van der Waals surface area (Å²) in [5.74, 6) is 0.474. The van der Waals surface area contributed by atoms with Gasteiger partial charge in [-0.25, -0.2) is 0 Å². The molecule has 5 rings (SSSR count). The first-order valence-electron chi connectivity index (χ1n) is 10.5. The first kappa shape index (κ1) is 20.4. The molecular formula is C25H22ClN3O3. The minimum absolute atomic E-state index is 0.00626. The molecule has 0 fully saturated rings. The number of halogens is 1. The third kappa shape index (κ3) is 3.89. The van der Waals surface area contributed by atoms with Gasteiger partial charge in [-0.15, -0.1) is 11.6 Å². The van der Waals surface area contributed by atoms with Gasteiger partial charge in [0.05, 0.1) is 12.2 Å². The van der Waals surface area contributed by atoms with Crippen molar-refractivity contribution >= 4 is 28.4 Å². The molecule has 32 heavy (non-hydrogen) atoms. The molecule has 0 saturated heterocycles. The average Bonchev–Trinajstić information content (AvgIpc) is 3.20. The summed E-state index contributed by atoms with van der Waals surface area (Å²) in [6.45, 7) is 1.60. The maximum Gasteiger partial charge on any atom is 0.258 e. The minimum atomic E-state index is -0.162. The molecule has 1 N–H and O–H groups in total. The predicted octanol–water partition coefficient (Wildman–Crippen LogP) is 4.02. The van der Waals surface area contributed by atoms with Crippen LogP contribution < -0.4 is 10.3 Å². The van der Waals surface area contributed by atoms with Crippen LogP contribution in [-0.2, 0) is 24.4 Å². The number of amides is 1. The Morgan fingerprint density at radius 3 is 2.72 bits per heavy atom. The molecule has 6 nitrogen and oxygen atoms in total. The van der Waals surface area contributed by atoms with E-state index in [2.05, 4.69) is 4.98 Å². The van der Waals surface area contributed by atoms with Gasteiger partial charge in [0.1, 0.15) is 18.2 Å². The fraction of sp³-hybridized carbons (Fsp3) is 0.200. The van der Waals surface area contributed by atoms with Gasteiger partial charge in [0, 0.05) is 35.4 Å². The summed E-state index contributed by atoms with van der Waals surface area (Å²) in [6, 6.07) is 19.1. The summed E-state index contributed by atoms with van der Waals surface area (Å²) >= 11 is 5.71. The van der Waals surface area contributed by atoms with E-state index in [1.807, 2.05) is 48.5 Å². The molecule has 1 amide bonds. The van der Waals surface area contributed by atoms with E-state index in [-0.39, 0.29) is 17.3 Å². The largest absolute Gasteiger partial charge is 0.489 e. The number of aromatic amines is 1. The lowest BCUT2D eigenvalue weighted by molar-refractivity contribution is -0.129. The van der Waals surface area contributed by atoms with E-state index in [1.165, 1.54) is 11.6 Å². The number of nitrogens with one attached hydrogen (secondary N) is 1. The highest BCUT2D eigenvalue weighted by molar-refractivity contribution is 6.27. The van der Waals surface area contributed by atoms with E-state index in [1.54, 1.807) is 21.7 Å². The van der Waals surface area contributed by atoms with Gasteiger partial charge in [-0.2, -0.15) is 0 Å². The van der Waals surface area contributed by atoms with E-state index >= 15 is 0 Å². The molecular weight excluding hydrogens is 426 g/mol. The number of H-pyrrole nitrogens is 1. The van der Waals surface area contributed by atoms with Crippen LogP contribution in [0, 0.1) is 0 Å². The molecule has 0 radical (unpaired) electrons. The first-order chi connectivity index (χ1) is 15.6. The van der Waals surface area contributed by atoms with Crippen LogP contribution in [0.25, 0.3) is 16.6 Å². The Morgan fingerprint density at radius 1 is 1.09 bits per heavy atom. The van der Waals surface area contributed by atoms with Gasteiger partial charge in [0.25, 0.3) is 5.56 Å². The van der Waals surface area contributed by atoms with E-state index in [9.17, 15) is 9.59 Å². The topological polar surface area (TPSA) is 67.3 Å². The summed E-state index contributed by atoms with van der Waals surface area (Å²) in [6.07, 6.45) is 2.51. The lowest BCUT2D eigenvalue weighted by Crippen LogP contribution is -2.36. The van der Waals surface area contributed by atoms with E-state index in [0.29, 0.717) is 25.4 Å². The van der Waals surface area contributed by atoms with Crippen LogP contribution in [0.15, 0.2) is 71.7 Å². The number of aromatic nitrogens is 2. The van der Waals surface area contributed by atoms with Crippen molar-refractivity contribution in [3.63, 3.8) is 0 Å². The molecule has 1 aliphatic rings. The maximum absolute atomic E-state index is 12.7. The second kappa shape index (κ2) is 8.55. The monoisotopic (exact) mass is 447 g/mol. The van der Waals surface area contributed by atoms with Crippen LogP contribution in [-0.4, -0.2) is 32.8 Å². The summed E-state index contributed by atoms with van der Waals surface area (Å²) in [5, 5.41) is 1.12. The van der Waals surface area contributed by atoms with Gasteiger partial charge in [0.2, 0.25) is 5.91 Å². The number of fused-ring (bicyclic) bond motifs is 3. The van der Waals surface area contributed by atoms with Gasteiger partial charge in [-0.3, -0.25) is 14.2 Å². The number of nitrogens with zero attached hydrogens (tertiary/aromatic N) is 2. The second-order valence-corrected chi connectivity index (χ2v) is 8.12. The average molecular weight is 448 g/mol. The molecule has 0 spiro atoms. The Labute approximate surface area is 190 Å². The fourth-order valence-electron chi connectivity index (χ4n) is 4.19. The summed E-state index contributed by atoms with van der Waals surface area (Å²) < 4.78 is 7.36. The first-order valence-corrected chi connectivity index (χ1v) is 11.0. The summed E-state index contributed by atoms with van der Waals surface area (Å²) in [5.41, 5.74) is 4.85. The molecule has 3 heterocycles. The quantitative estimate of drug-likeness (QED) is 0.470. The van der Waals surface area contributed by atoms with Crippen LogP contribution in [0.2, 0.25) is 0 Å². The number of rotatable bonds is 5. The standard InChI is InChI=1S/C25H22ClN3O3/c26-14-25(31)28-10-9-21-20-7-6-18(12-22(20)27-23(21)15-28)29-11-8-19(13-24(29)30)32-16-17-4-2-1-3-5-17/h1-8,11-13,27H,9-10,14-16H2. The molecule has 7 heteroatoms. The number of hydrogen-bond acceptors (Lipinski definition) is 3. The number of alkyl halides is 1. The molecule has 162 valence electrons. The molecule has 0 bridgehead atoms. The zero-order chi connectivity index (χ0) is 22.1. The molecule has 0 aliphatic carbocycles. The third-order valence-corrected chi connectivity index (χ3v) is 6.07. The Bertz CT molecular complexity index is 1340. The van der Waals surface area contributed by atoms with Gasteiger partial charge in [0.15, 0.2) is 0 Å². The van der Waals surface area contributed by atoms with Crippen molar-refractivity contribution in [2.24, 2.45) is 0 Å². The lowest BCUT2D eigenvalue weighted by Gasteiger charge is -2.26. The van der Waals surface area contributed by atoms with Gasteiger partial charge in [-0.1, -0.05) is 36.4 Å². The van der Waals surface area contributed by atoms with Gasteiger partial charge in [-0.05, 0) is 35.7 Å². The normalized spacial score (nSPS) is 13.2. The van der Waals surface area contributed by atoms with Gasteiger partial charge < -0.3 is 14.6 Å². The van der Waals surface area contributed by atoms with Crippen LogP contribution in [0.5, 0.6) is 5.75 Å². The van der Waals surface area contributed by atoms with Crippen LogP contribution in [0.3, 0.4) is 0 Å². The van der Waals surface area contributed by atoms with Crippen molar-refractivity contribution in [3.05, 3.63) is 94.0 Å². The highest BCUT2D eigenvalue weighted by Gasteiger charge is 2.23. The molecule has 0 unspecified atom stereocenters. The number of carbonyl (C=O) groups excluding carboxylic acids is 1. The highest BCUT2D eigenvalue weighted by atomic mass is 35.5. The number of benzene rings is 2. The molecule has 4 aromatic rings. The third-order valence-electron chi connectivity index (χ3n) is 5.84. The number of ether oxygens (including phenoxy) is 1. The predicted molar refractivity (Wildman–Crippen MR) is 125 cm³/mol. The maximum atomic E-state index is 12.7. The number of hydrogen-bond donors (Lipinski definition) is 1. The molecule has 1 aliphatic heterocycles. The second-order valence-electron chi connectivity index (χ2n) is 7.86. The highest BCUT2D eigenvalue weighted by Crippen LogP contribution is 2.29. The zero-order valence-electron chi connectivity index (χ0n) is 17.4. The van der Waals surface area contributed by atoms with Gasteiger partial charge >= 0.3 is 0 Å². The van der Waals surface area contributed by atoms with Crippen molar-refractivity contribution < 1.29 is 9.53 Å². The van der Waals surface area contributed by atoms with Crippen LogP contribution >= 0.6 is 11.6 Å².